The molecule has 6 rings (SSSR count). The van der Waals surface area contributed by atoms with E-state index in [9.17, 15) is 9.59 Å². The molecule has 6 aromatic heterocycles. The first-order valence-corrected chi connectivity index (χ1v) is 14.0. The van der Waals surface area contributed by atoms with Crippen LogP contribution in [-0.2, 0) is 0 Å². The number of nitriles is 1. The van der Waals surface area contributed by atoms with Crippen LogP contribution in [-0.4, -0.2) is 31.9 Å². The van der Waals surface area contributed by atoms with E-state index in [-0.39, 0.29) is 23.6 Å². The second-order valence-electron chi connectivity index (χ2n) is 7.14. The van der Waals surface area contributed by atoms with Gasteiger partial charge in [-0.2, -0.15) is 5.26 Å². The topological polar surface area (TPSA) is 143 Å². The van der Waals surface area contributed by atoms with Gasteiger partial charge in [0.1, 0.15) is 6.07 Å². The minimum atomic E-state index is -1.05. The largest absolute Gasteiger partial charge is 0.478 e. The Bertz CT molecular complexity index is 1770. The van der Waals surface area contributed by atoms with Gasteiger partial charge in [0.2, 0.25) is 0 Å². The molecular formula is C25H16Cl3N5O3S3. The third-order valence-electron chi connectivity index (χ3n) is 4.86. The van der Waals surface area contributed by atoms with E-state index in [1.165, 1.54) is 52.6 Å². The van der Waals surface area contributed by atoms with Crippen LogP contribution >= 0.6 is 68.8 Å². The summed E-state index contributed by atoms with van der Waals surface area (Å²) in [7, 11) is 0. The van der Waals surface area contributed by atoms with Crippen molar-refractivity contribution in [2.45, 2.75) is 7.43 Å². The summed E-state index contributed by atoms with van der Waals surface area (Å²) in [6, 6.07) is 7.52. The Hall–Kier alpha value is -3.37. The zero-order chi connectivity index (χ0) is 27.4. The number of aromatic nitrogens is 3. The van der Waals surface area contributed by atoms with Gasteiger partial charge in [0, 0.05) is 18.6 Å². The molecule has 198 valence electrons. The monoisotopic (exact) mass is 635 g/mol. The Morgan fingerprint density at radius 1 is 0.769 bits per heavy atom. The van der Waals surface area contributed by atoms with Crippen LogP contribution in [0.25, 0.3) is 30.6 Å². The van der Waals surface area contributed by atoms with Gasteiger partial charge < -0.3 is 10.8 Å². The Morgan fingerprint density at radius 3 is 1.62 bits per heavy atom. The van der Waals surface area contributed by atoms with Gasteiger partial charge >= 0.3 is 5.97 Å². The number of thiophene rings is 3. The summed E-state index contributed by atoms with van der Waals surface area (Å²) in [6.07, 6.45) is 4.18. The zero-order valence-corrected chi connectivity index (χ0v) is 23.4. The number of nitrogens with two attached hydrogens (primary N) is 1. The molecule has 0 saturated carbocycles. The fraction of sp³-hybridized carbons (Fsp3) is 0.0400. The van der Waals surface area contributed by atoms with Crippen LogP contribution in [0.15, 0.2) is 52.9 Å². The maximum atomic E-state index is 10.9. The van der Waals surface area contributed by atoms with Crippen molar-refractivity contribution in [2.75, 3.05) is 0 Å². The molecule has 0 fully saturated rings. The van der Waals surface area contributed by atoms with E-state index in [1.807, 2.05) is 34.3 Å². The number of carboxylic acid groups (broad SMARTS) is 1. The summed E-state index contributed by atoms with van der Waals surface area (Å²) in [5, 5.41) is 24.2. The van der Waals surface area contributed by atoms with E-state index in [1.54, 1.807) is 6.07 Å². The maximum Gasteiger partial charge on any atom is 0.338 e. The fourth-order valence-electron chi connectivity index (χ4n) is 3.04. The summed E-state index contributed by atoms with van der Waals surface area (Å²) in [6.45, 7) is 0. The summed E-state index contributed by atoms with van der Waals surface area (Å²) in [5.41, 5.74) is 8.26. The number of pyridine rings is 3. The maximum absolute atomic E-state index is 10.9. The quantitative estimate of drug-likeness (QED) is 0.195. The third-order valence-corrected chi connectivity index (χ3v) is 9.13. The number of hydrogen-bond donors (Lipinski definition) is 2. The number of halogens is 3. The normalized spacial score (nSPS) is 10.1. The molecule has 0 bridgehead atoms. The SMILES string of the molecule is C.N#Cc1cnc2ccsc2c1Cl.NC(=O)c1cnc2ccsc2c1Cl.O=C(O)c1cnc2ccsc2c1Cl. The van der Waals surface area contributed by atoms with Gasteiger partial charge in [0.05, 0.1) is 62.4 Å². The Kier molecular flexibility index (Phi) is 10.2. The van der Waals surface area contributed by atoms with E-state index in [4.69, 9.17) is 50.9 Å². The molecule has 0 aliphatic heterocycles. The van der Waals surface area contributed by atoms with Crippen molar-refractivity contribution in [3.63, 3.8) is 0 Å². The number of carbonyl (C=O) groups excluding carboxylic acids is 1. The van der Waals surface area contributed by atoms with Gasteiger partial charge in [-0.3, -0.25) is 19.7 Å². The number of amides is 1. The molecule has 0 radical (unpaired) electrons. The predicted molar refractivity (Wildman–Crippen MR) is 161 cm³/mol. The van der Waals surface area contributed by atoms with Gasteiger partial charge in [0.15, 0.2) is 0 Å². The Morgan fingerprint density at radius 2 is 1.18 bits per heavy atom. The lowest BCUT2D eigenvalue weighted by Crippen LogP contribution is -2.11. The van der Waals surface area contributed by atoms with Crippen LogP contribution in [0.4, 0.5) is 0 Å². The van der Waals surface area contributed by atoms with E-state index < -0.39 is 11.9 Å². The Balaban J connectivity index is 0.000000160. The first-order chi connectivity index (χ1) is 18.2. The molecule has 0 atom stereocenters. The first kappa shape index (κ1) is 30.2. The number of fused-ring (bicyclic) bond motifs is 3. The van der Waals surface area contributed by atoms with Gasteiger partial charge in [-0.1, -0.05) is 42.2 Å². The molecule has 0 aliphatic carbocycles. The van der Waals surface area contributed by atoms with E-state index in [0.717, 1.165) is 30.6 Å². The average molecular weight is 637 g/mol. The lowest BCUT2D eigenvalue weighted by molar-refractivity contribution is 0.0696. The van der Waals surface area contributed by atoms with Crippen molar-refractivity contribution in [2.24, 2.45) is 5.73 Å². The molecule has 0 aliphatic rings. The summed E-state index contributed by atoms with van der Waals surface area (Å²) in [4.78, 5) is 33.7. The van der Waals surface area contributed by atoms with Crippen LogP contribution in [0.5, 0.6) is 0 Å². The van der Waals surface area contributed by atoms with Crippen molar-refractivity contribution < 1.29 is 14.7 Å². The number of carboxylic acids is 1. The Labute approximate surface area is 248 Å². The van der Waals surface area contributed by atoms with Crippen molar-refractivity contribution >= 4 is 111 Å². The highest BCUT2D eigenvalue weighted by Gasteiger charge is 2.13. The number of primary amides is 1. The second-order valence-corrected chi connectivity index (χ2v) is 11.0. The average Bonchev–Trinajstić information content (AvgIpc) is 3.66. The smallest absolute Gasteiger partial charge is 0.338 e. The highest BCUT2D eigenvalue weighted by atomic mass is 35.5. The highest BCUT2D eigenvalue weighted by molar-refractivity contribution is 7.18. The van der Waals surface area contributed by atoms with E-state index in [0.29, 0.717) is 15.6 Å². The minimum Gasteiger partial charge on any atom is -0.478 e. The van der Waals surface area contributed by atoms with Crippen molar-refractivity contribution in [3.05, 3.63) is 84.7 Å². The van der Waals surface area contributed by atoms with Crippen LogP contribution in [0.1, 0.15) is 33.7 Å². The summed E-state index contributed by atoms with van der Waals surface area (Å²) in [5.74, 6) is -1.60. The number of hydrogen-bond acceptors (Lipinski definition) is 9. The van der Waals surface area contributed by atoms with Crippen LogP contribution in [0.2, 0.25) is 15.1 Å². The lowest BCUT2D eigenvalue weighted by atomic mass is 10.2. The number of aromatic carboxylic acids is 1. The van der Waals surface area contributed by atoms with Gasteiger partial charge in [-0.05, 0) is 34.3 Å². The molecular weight excluding hydrogens is 621 g/mol. The molecule has 3 N–H and O–H groups in total. The summed E-state index contributed by atoms with van der Waals surface area (Å²) >= 11 is 22.1. The lowest BCUT2D eigenvalue weighted by Gasteiger charge is -1.98. The molecule has 0 aromatic carbocycles. The molecule has 8 nitrogen and oxygen atoms in total. The van der Waals surface area contributed by atoms with Crippen molar-refractivity contribution in [3.8, 4) is 6.07 Å². The third kappa shape index (κ3) is 6.45. The second kappa shape index (κ2) is 13.1. The molecule has 0 spiro atoms. The molecule has 0 unspecified atom stereocenters. The molecule has 1 amide bonds. The van der Waals surface area contributed by atoms with Gasteiger partial charge in [0.25, 0.3) is 5.91 Å². The van der Waals surface area contributed by atoms with E-state index >= 15 is 0 Å². The highest BCUT2D eigenvalue weighted by Crippen LogP contribution is 2.31. The molecule has 6 heterocycles. The predicted octanol–water partition coefficient (Wildman–Crippen LogP) is 8.15. The van der Waals surface area contributed by atoms with Crippen molar-refractivity contribution in [1.29, 1.82) is 5.26 Å². The number of nitrogens with zero attached hydrogens (tertiary/aromatic N) is 4. The van der Waals surface area contributed by atoms with Gasteiger partial charge in [-0.15, -0.1) is 34.0 Å². The van der Waals surface area contributed by atoms with Crippen LogP contribution in [0.3, 0.4) is 0 Å². The van der Waals surface area contributed by atoms with Crippen molar-refractivity contribution in [1.82, 2.24) is 15.0 Å². The number of rotatable bonds is 2. The first-order valence-electron chi connectivity index (χ1n) is 10.2. The standard InChI is InChI=1S/C8H5ClN2OS.C8H3ClN2S.C8H4ClNO2S.CH4/c9-6-4(8(10)12)3-11-5-1-2-13-7(5)6;9-7-5(3-10)4-11-6-1-2-12-8(6)7;9-6-4(8(11)12)3-10-5-1-2-13-7(5)6;/h1-3H,(H2,10,12);1-2,4H;1-3H,(H,11,12);1H4. The van der Waals surface area contributed by atoms with Crippen LogP contribution in [0, 0.1) is 11.3 Å². The fourth-order valence-corrected chi connectivity index (χ4v) is 6.46. The molecule has 14 heteroatoms. The summed E-state index contributed by atoms with van der Waals surface area (Å²) < 4.78 is 2.41. The molecule has 0 saturated heterocycles. The number of carbonyl (C=O) groups is 2. The van der Waals surface area contributed by atoms with E-state index in [2.05, 4.69) is 15.0 Å². The molecule has 6 aromatic rings. The minimum absolute atomic E-state index is 0. The van der Waals surface area contributed by atoms with Crippen LogP contribution < -0.4 is 5.73 Å². The molecule has 39 heavy (non-hydrogen) atoms. The van der Waals surface area contributed by atoms with Gasteiger partial charge in [-0.25, -0.2) is 4.79 Å². The zero-order valence-electron chi connectivity index (χ0n) is 18.7.